The number of rotatable bonds is 4. The Morgan fingerprint density at radius 1 is 1.19 bits per heavy atom. The summed E-state index contributed by atoms with van der Waals surface area (Å²) in [5.74, 6) is -1.85. The number of nitrogens with one attached hydrogen (secondary N) is 1. The van der Waals surface area contributed by atoms with Crippen molar-refractivity contribution in [3.8, 4) is 0 Å². The maximum atomic E-state index is 13.5. The summed E-state index contributed by atoms with van der Waals surface area (Å²) >= 11 is 0. The van der Waals surface area contributed by atoms with Gasteiger partial charge in [0, 0.05) is 17.8 Å². The first kappa shape index (κ1) is 15.4. The van der Waals surface area contributed by atoms with Crippen LogP contribution in [0.1, 0.15) is 11.1 Å². The molecule has 0 heterocycles. The van der Waals surface area contributed by atoms with Crippen molar-refractivity contribution in [2.45, 2.75) is 18.4 Å². The third-order valence-corrected chi connectivity index (χ3v) is 4.06. The summed E-state index contributed by atoms with van der Waals surface area (Å²) in [6.45, 7) is 1.65. The normalized spacial score (nSPS) is 11.4. The van der Waals surface area contributed by atoms with Crippen LogP contribution in [-0.4, -0.2) is 8.42 Å². The van der Waals surface area contributed by atoms with E-state index in [-0.39, 0.29) is 17.0 Å². The topological polar surface area (TPSA) is 72.2 Å². The molecule has 21 heavy (non-hydrogen) atoms. The zero-order chi connectivity index (χ0) is 15.6. The Hall–Kier alpha value is -1.99. The highest BCUT2D eigenvalue weighted by atomic mass is 32.2. The van der Waals surface area contributed by atoms with E-state index in [9.17, 15) is 17.2 Å². The van der Waals surface area contributed by atoms with Crippen LogP contribution in [0.5, 0.6) is 0 Å². The van der Waals surface area contributed by atoms with Crippen LogP contribution in [0.3, 0.4) is 0 Å². The summed E-state index contributed by atoms with van der Waals surface area (Å²) < 4.78 is 49.4. The highest BCUT2D eigenvalue weighted by molar-refractivity contribution is 7.89. The number of hydrogen-bond donors (Lipinski definition) is 2. The molecule has 0 fully saturated rings. The first-order valence-electron chi connectivity index (χ1n) is 6.09. The summed E-state index contributed by atoms with van der Waals surface area (Å²) in [6.07, 6.45) is 0. The van der Waals surface area contributed by atoms with Gasteiger partial charge in [-0.3, -0.25) is 0 Å². The van der Waals surface area contributed by atoms with Crippen LogP contribution >= 0.6 is 0 Å². The number of anilines is 1. The molecular formula is C14H14F2N2O2S. The lowest BCUT2D eigenvalue weighted by molar-refractivity contribution is 0.500. The molecule has 0 atom stereocenters. The Morgan fingerprint density at radius 2 is 1.90 bits per heavy atom. The van der Waals surface area contributed by atoms with Crippen molar-refractivity contribution in [1.29, 1.82) is 0 Å². The number of halogens is 2. The number of sulfonamides is 1. The van der Waals surface area contributed by atoms with Crippen LogP contribution < -0.4 is 10.5 Å². The highest BCUT2D eigenvalue weighted by Gasteiger charge is 2.12. The van der Waals surface area contributed by atoms with E-state index in [4.69, 9.17) is 5.14 Å². The van der Waals surface area contributed by atoms with E-state index in [1.807, 2.05) is 0 Å². The fourth-order valence-electron chi connectivity index (χ4n) is 1.90. The van der Waals surface area contributed by atoms with Gasteiger partial charge in [0.2, 0.25) is 10.0 Å². The minimum Gasteiger partial charge on any atom is -0.381 e. The predicted molar refractivity (Wildman–Crippen MR) is 76.2 cm³/mol. The number of primary sulfonamides is 1. The Bertz CT molecular complexity index is 777. The van der Waals surface area contributed by atoms with E-state index in [1.54, 1.807) is 19.1 Å². The van der Waals surface area contributed by atoms with Crippen molar-refractivity contribution >= 4 is 15.7 Å². The number of hydrogen-bond acceptors (Lipinski definition) is 3. The van der Waals surface area contributed by atoms with E-state index in [0.717, 1.165) is 6.07 Å². The Labute approximate surface area is 121 Å². The number of aryl methyl sites for hydroxylation is 1. The summed E-state index contributed by atoms with van der Waals surface area (Å²) in [6, 6.07) is 8.47. The third-order valence-electron chi connectivity index (χ3n) is 3.01. The average molecular weight is 312 g/mol. The largest absolute Gasteiger partial charge is 0.381 e. The summed E-state index contributed by atoms with van der Waals surface area (Å²) in [4.78, 5) is -0.00721. The van der Waals surface area contributed by atoms with Gasteiger partial charge in [0.25, 0.3) is 0 Å². The molecule has 0 spiro atoms. The zero-order valence-corrected chi connectivity index (χ0v) is 12.0. The second-order valence-electron chi connectivity index (χ2n) is 4.59. The molecule has 0 radical (unpaired) electrons. The van der Waals surface area contributed by atoms with E-state index in [2.05, 4.69) is 5.32 Å². The molecule has 2 aromatic carbocycles. The first-order chi connectivity index (χ1) is 9.79. The van der Waals surface area contributed by atoms with Gasteiger partial charge >= 0.3 is 0 Å². The standard InChI is InChI=1S/C14H14F2N2O2S/c1-9-5-6-11(7-13(9)21(17,19)20)18-8-10-3-2-4-12(15)14(10)16/h2-7,18H,8H2,1H3,(H2,17,19,20). The number of benzene rings is 2. The van der Waals surface area contributed by atoms with Gasteiger partial charge < -0.3 is 5.32 Å². The lowest BCUT2D eigenvalue weighted by Crippen LogP contribution is -2.14. The highest BCUT2D eigenvalue weighted by Crippen LogP contribution is 2.20. The lowest BCUT2D eigenvalue weighted by Gasteiger charge is -2.10. The van der Waals surface area contributed by atoms with E-state index >= 15 is 0 Å². The Morgan fingerprint density at radius 3 is 2.57 bits per heavy atom. The maximum absolute atomic E-state index is 13.5. The molecule has 0 unspecified atom stereocenters. The van der Waals surface area contributed by atoms with E-state index in [0.29, 0.717) is 11.3 Å². The fraction of sp³-hybridized carbons (Fsp3) is 0.143. The molecule has 4 nitrogen and oxygen atoms in total. The van der Waals surface area contributed by atoms with Gasteiger partial charge in [-0.25, -0.2) is 22.3 Å². The van der Waals surface area contributed by atoms with Gasteiger partial charge in [0.05, 0.1) is 4.90 Å². The van der Waals surface area contributed by atoms with Gasteiger partial charge in [-0.05, 0) is 30.7 Å². The first-order valence-corrected chi connectivity index (χ1v) is 7.64. The zero-order valence-electron chi connectivity index (χ0n) is 11.2. The molecule has 0 aliphatic carbocycles. The third kappa shape index (κ3) is 3.56. The summed E-state index contributed by atoms with van der Waals surface area (Å²) in [5.41, 5.74) is 1.11. The van der Waals surface area contributed by atoms with Crippen molar-refractivity contribution in [2.75, 3.05) is 5.32 Å². The quantitative estimate of drug-likeness (QED) is 0.911. The van der Waals surface area contributed by atoms with Gasteiger partial charge in [0.1, 0.15) is 0 Å². The molecule has 7 heteroatoms. The molecule has 2 aromatic rings. The van der Waals surface area contributed by atoms with Crippen molar-refractivity contribution in [3.63, 3.8) is 0 Å². The second kappa shape index (κ2) is 5.79. The lowest BCUT2D eigenvalue weighted by atomic mass is 10.2. The maximum Gasteiger partial charge on any atom is 0.238 e. The molecule has 0 amide bonds. The number of nitrogens with two attached hydrogens (primary N) is 1. The molecule has 0 aromatic heterocycles. The Balaban J connectivity index is 2.23. The molecule has 112 valence electrons. The van der Waals surface area contributed by atoms with Crippen molar-refractivity contribution in [3.05, 3.63) is 59.2 Å². The van der Waals surface area contributed by atoms with Crippen LogP contribution in [0.2, 0.25) is 0 Å². The minimum absolute atomic E-state index is 0.00721. The van der Waals surface area contributed by atoms with E-state index < -0.39 is 21.7 Å². The van der Waals surface area contributed by atoms with Crippen molar-refractivity contribution < 1.29 is 17.2 Å². The van der Waals surface area contributed by atoms with Gasteiger partial charge in [-0.2, -0.15) is 0 Å². The molecule has 3 N–H and O–H groups in total. The van der Waals surface area contributed by atoms with Crippen LogP contribution in [0, 0.1) is 18.6 Å². The second-order valence-corrected chi connectivity index (χ2v) is 6.12. The average Bonchev–Trinajstić information content (AvgIpc) is 2.40. The van der Waals surface area contributed by atoms with Crippen LogP contribution in [-0.2, 0) is 16.6 Å². The minimum atomic E-state index is -3.83. The van der Waals surface area contributed by atoms with E-state index in [1.165, 1.54) is 18.2 Å². The Kier molecular flexibility index (Phi) is 4.24. The molecule has 2 rings (SSSR count). The fourth-order valence-corrected chi connectivity index (χ4v) is 2.71. The van der Waals surface area contributed by atoms with Crippen molar-refractivity contribution in [2.24, 2.45) is 5.14 Å². The molecule has 0 saturated heterocycles. The van der Waals surface area contributed by atoms with Gasteiger partial charge in [-0.15, -0.1) is 0 Å². The molecular weight excluding hydrogens is 298 g/mol. The van der Waals surface area contributed by atoms with Gasteiger partial charge in [-0.1, -0.05) is 18.2 Å². The molecule has 0 aliphatic heterocycles. The molecule has 0 bridgehead atoms. The van der Waals surface area contributed by atoms with Crippen LogP contribution in [0.25, 0.3) is 0 Å². The molecule has 0 aliphatic rings. The SMILES string of the molecule is Cc1ccc(NCc2cccc(F)c2F)cc1S(N)(=O)=O. The predicted octanol–water partition coefficient (Wildman–Crippen LogP) is 2.53. The van der Waals surface area contributed by atoms with Crippen molar-refractivity contribution in [1.82, 2.24) is 0 Å². The van der Waals surface area contributed by atoms with Gasteiger partial charge in [0.15, 0.2) is 11.6 Å². The summed E-state index contributed by atoms with van der Waals surface area (Å²) in [5, 5.41) is 7.95. The van der Waals surface area contributed by atoms with Crippen LogP contribution in [0.4, 0.5) is 14.5 Å². The smallest absolute Gasteiger partial charge is 0.238 e. The van der Waals surface area contributed by atoms with Crippen LogP contribution in [0.15, 0.2) is 41.3 Å². The molecule has 0 saturated carbocycles. The summed E-state index contributed by atoms with van der Waals surface area (Å²) in [7, 11) is -3.83. The monoisotopic (exact) mass is 312 g/mol.